The van der Waals surface area contributed by atoms with E-state index in [0.717, 1.165) is 49.6 Å². The van der Waals surface area contributed by atoms with Crippen LogP contribution in [0.15, 0.2) is 18.2 Å². The van der Waals surface area contributed by atoms with Crippen molar-refractivity contribution in [1.29, 1.82) is 0 Å². The number of rotatable bonds is 6. The van der Waals surface area contributed by atoms with Gasteiger partial charge in [-0.05, 0) is 55.9 Å². The lowest BCUT2D eigenvalue weighted by Gasteiger charge is -2.26. The third kappa shape index (κ3) is 5.61. The number of nitrogens with one attached hydrogen (secondary N) is 1. The van der Waals surface area contributed by atoms with Gasteiger partial charge >= 0.3 is 0 Å². The standard InChI is InChI=1S/C16H24ClNO2S/c1-12(9-13-5-7-20-8-6-13)18-15-3-4-16(17)14(10-15)11-21(2)19/h3-4,10,12-13,18H,5-9,11H2,1-2H3/t12-,21-/m0/s1. The van der Waals surface area contributed by atoms with E-state index in [1.54, 1.807) is 6.26 Å². The molecule has 21 heavy (non-hydrogen) atoms. The Balaban J connectivity index is 1.93. The van der Waals surface area contributed by atoms with Gasteiger partial charge < -0.3 is 10.1 Å². The van der Waals surface area contributed by atoms with Crippen LogP contribution < -0.4 is 5.32 Å². The molecule has 0 saturated carbocycles. The van der Waals surface area contributed by atoms with E-state index in [1.165, 1.54) is 0 Å². The van der Waals surface area contributed by atoms with Crippen LogP contribution in [0.1, 0.15) is 31.7 Å². The van der Waals surface area contributed by atoms with Gasteiger partial charge in [0, 0.05) is 52.8 Å². The lowest BCUT2D eigenvalue weighted by molar-refractivity contribution is 0.0629. The summed E-state index contributed by atoms with van der Waals surface area (Å²) in [6.45, 7) is 4.00. The predicted molar refractivity (Wildman–Crippen MR) is 90.5 cm³/mol. The van der Waals surface area contributed by atoms with E-state index < -0.39 is 10.8 Å². The molecule has 3 nitrogen and oxygen atoms in total. The molecule has 2 atom stereocenters. The summed E-state index contributed by atoms with van der Waals surface area (Å²) in [7, 11) is -0.880. The Kier molecular flexibility index (Phi) is 6.52. The van der Waals surface area contributed by atoms with Crippen LogP contribution in [0.4, 0.5) is 5.69 Å². The molecule has 1 saturated heterocycles. The molecule has 1 N–H and O–H groups in total. The Morgan fingerprint density at radius 1 is 1.43 bits per heavy atom. The maximum Gasteiger partial charge on any atom is 0.0498 e. The number of hydrogen-bond acceptors (Lipinski definition) is 3. The van der Waals surface area contributed by atoms with Crippen molar-refractivity contribution >= 4 is 28.1 Å². The largest absolute Gasteiger partial charge is 0.383 e. The fourth-order valence-electron chi connectivity index (χ4n) is 2.82. The highest BCUT2D eigenvalue weighted by Gasteiger charge is 2.17. The molecule has 5 heteroatoms. The first-order valence-corrected chi connectivity index (χ1v) is 9.58. The molecule has 0 amide bonds. The minimum atomic E-state index is -0.880. The first kappa shape index (κ1) is 16.8. The predicted octanol–water partition coefficient (Wildman–Crippen LogP) is 3.84. The van der Waals surface area contributed by atoms with E-state index in [4.69, 9.17) is 16.3 Å². The molecule has 0 spiro atoms. The zero-order chi connectivity index (χ0) is 15.2. The SMILES string of the molecule is C[C@@H](CC1CCOCC1)Nc1ccc(Cl)c(C[S@](C)=O)c1. The average Bonchev–Trinajstić information content (AvgIpc) is 2.43. The van der Waals surface area contributed by atoms with Crippen molar-refractivity contribution in [3.05, 3.63) is 28.8 Å². The Bertz CT molecular complexity index is 489. The molecule has 0 radical (unpaired) electrons. The van der Waals surface area contributed by atoms with Gasteiger partial charge in [-0.3, -0.25) is 4.21 Å². The van der Waals surface area contributed by atoms with Crippen molar-refractivity contribution in [1.82, 2.24) is 0 Å². The summed E-state index contributed by atoms with van der Waals surface area (Å²) < 4.78 is 16.8. The monoisotopic (exact) mass is 329 g/mol. The zero-order valence-corrected chi connectivity index (χ0v) is 14.3. The average molecular weight is 330 g/mol. The molecular formula is C16H24ClNO2S. The fraction of sp³-hybridized carbons (Fsp3) is 0.625. The zero-order valence-electron chi connectivity index (χ0n) is 12.7. The van der Waals surface area contributed by atoms with Crippen molar-refractivity contribution in [3.63, 3.8) is 0 Å². The maximum absolute atomic E-state index is 11.4. The lowest BCUT2D eigenvalue weighted by Crippen LogP contribution is -2.24. The van der Waals surface area contributed by atoms with E-state index in [2.05, 4.69) is 12.2 Å². The second-order valence-electron chi connectivity index (χ2n) is 5.86. The number of hydrogen-bond donors (Lipinski definition) is 1. The molecule has 1 heterocycles. The van der Waals surface area contributed by atoms with Gasteiger partial charge in [-0.25, -0.2) is 0 Å². The van der Waals surface area contributed by atoms with Crippen LogP contribution >= 0.6 is 11.6 Å². The van der Waals surface area contributed by atoms with Gasteiger partial charge in [0.05, 0.1) is 0 Å². The van der Waals surface area contributed by atoms with Crippen molar-refractivity contribution in [2.24, 2.45) is 5.92 Å². The van der Waals surface area contributed by atoms with Crippen LogP contribution in [0.5, 0.6) is 0 Å². The van der Waals surface area contributed by atoms with Gasteiger partial charge in [0.15, 0.2) is 0 Å². The Morgan fingerprint density at radius 2 is 2.14 bits per heavy atom. The van der Waals surface area contributed by atoms with E-state index >= 15 is 0 Å². The van der Waals surface area contributed by atoms with Gasteiger partial charge in [-0.1, -0.05) is 11.6 Å². The van der Waals surface area contributed by atoms with E-state index in [-0.39, 0.29) is 0 Å². The van der Waals surface area contributed by atoms with Gasteiger partial charge in [0.25, 0.3) is 0 Å². The third-order valence-corrected chi connectivity index (χ3v) is 4.93. The molecule has 2 rings (SSSR count). The summed E-state index contributed by atoms with van der Waals surface area (Å²) >= 11 is 6.16. The van der Waals surface area contributed by atoms with Crippen molar-refractivity contribution in [3.8, 4) is 0 Å². The summed E-state index contributed by atoms with van der Waals surface area (Å²) in [5.41, 5.74) is 2.00. The first-order chi connectivity index (χ1) is 10.0. The minimum absolute atomic E-state index is 0.411. The molecular weight excluding hydrogens is 306 g/mol. The highest BCUT2D eigenvalue weighted by atomic mass is 35.5. The summed E-state index contributed by atoms with van der Waals surface area (Å²) in [6, 6.07) is 6.30. The number of anilines is 1. The topological polar surface area (TPSA) is 38.3 Å². The molecule has 0 aliphatic carbocycles. The van der Waals surface area contributed by atoms with Gasteiger partial charge in [-0.15, -0.1) is 0 Å². The van der Waals surface area contributed by atoms with E-state index in [9.17, 15) is 4.21 Å². The van der Waals surface area contributed by atoms with Crippen LogP contribution in [0.2, 0.25) is 5.02 Å². The van der Waals surface area contributed by atoms with Crippen LogP contribution in [-0.2, 0) is 21.3 Å². The van der Waals surface area contributed by atoms with Crippen LogP contribution in [0, 0.1) is 5.92 Å². The van der Waals surface area contributed by atoms with E-state index in [1.807, 2.05) is 18.2 Å². The fourth-order valence-corrected chi connectivity index (χ4v) is 3.76. The second-order valence-corrected chi connectivity index (χ2v) is 7.70. The molecule has 118 valence electrons. The number of benzene rings is 1. The summed E-state index contributed by atoms with van der Waals surface area (Å²) in [6.07, 6.45) is 5.17. The number of ether oxygens (including phenoxy) is 1. The van der Waals surface area contributed by atoms with Crippen LogP contribution in [0.25, 0.3) is 0 Å². The van der Waals surface area contributed by atoms with Crippen LogP contribution in [0.3, 0.4) is 0 Å². The number of halogens is 1. The highest BCUT2D eigenvalue weighted by molar-refractivity contribution is 7.83. The molecule has 1 aromatic carbocycles. The summed E-state index contributed by atoms with van der Waals surface area (Å²) in [5, 5.41) is 4.22. The lowest BCUT2D eigenvalue weighted by atomic mass is 9.93. The maximum atomic E-state index is 11.4. The van der Waals surface area contributed by atoms with Crippen molar-refractivity contribution in [2.45, 2.75) is 38.0 Å². The Morgan fingerprint density at radius 3 is 2.81 bits per heavy atom. The molecule has 1 aliphatic heterocycles. The normalized spacial score (nSPS) is 19.2. The van der Waals surface area contributed by atoms with Gasteiger partial charge in [0.1, 0.15) is 0 Å². The molecule has 0 aromatic heterocycles. The van der Waals surface area contributed by atoms with Crippen molar-refractivity contribution < 1.29 is 8.95 Å². The van der Waals surface area contributed by atoms with Crippen LogP contribution in [-0.4, -0.2) is 29.7 Å². The molecule has 0 bridgehead atoms. The Labute approximate surface area is 134 Å². The summed E-state index contributed by atoms with van der Waals surface area (Å²) in [4.78, 5) is 0. The third-order valence-electron chi connectivity index (χ3n) is 3.85. The molecule has 1 aliphatic rings. The van der Waals surface area contributed by atoms with Gasteiger partial charge in [0.2, 0.25) is 0 Å². The molecule has 1 aromatic rings. The quantitative estimate of drug-likeness (QED) is 0.861. The summed E-state index contributed by atoms with van der Waals surface area (Å²) in [5.74, 6) is 1.25. The van der Waals surface area contributed by atoms with Gasteiger partial charge in [-0.2, -0.15) is 0 Å². The molecule has 1 fully saturated rings. The highest BCUT2D eigenvalue weighted by Crippen LogP contribution is 2.25. The first-order valence-electron chi connectivity index (χ1n) is 7.47. The molecule has 0 unspecified atom stereocenters. The van der Waals surface area contributed by atoms with Crippen molar-refractivity contribution in [2.75, 3.05) is 24.8 Å². The van der Waals surface area contributed by atoms with E-state index in [0.29, 0.717) is 16.8 Å². The Hall–Kier alpha value is -0.580. The smallest absolute Gasteiger partial charge is 0.0498 e. The second kappa shape index (κ2) is 8.16. The minimum Gasteiger partial charge on any atom is -0.383 e.